The van der Waals surface area contributed by atoms with Crippen molar-refractivity contribution in [2.75, 3.05) is 0 Å². The fraction of sp³-hybridized carbons (Fsp3) is 0.119. The van der Waals surface area contributed by atoms with E-state index in [1.165, 1.54) is 16.7 Å². The van der Waals surface area contributed by atoms with Crippen LogP contribution >= 0.6 is 0 Å². The van der Waals surface area contributed by atoms with Gasteiger partial charge in [0.15, 0.2) is 0 Å². The second-order valence-corrected chi connectivity index (χ2v) is 12.6. The Hall–Kier alpha value is -4.96. The van der Waals surface area contributed by atoms with E-state index in [0.29, 0.717) is 5.41 Å². The molecule has 0 aliphatic carbocycles. The molecule has 233 valence electrons. The van der Waals surface area contributed by atoms with Crippen LogP contribution in [0.4, 0.5) is 0 Å². The Balaban J connectivity index is 0.000000161. The monoisotopic (exact) mass is 788 g/mol. The average Bonchev–Trinajstić information content (AvgIpc) is 3.49. The average molecular weight is 788 g/mol. The van der Waals surface area contributed by atoms with Crippen LogP contribution in [0.15, 0.2) is 138 Å². The Morgan fingerprint density at radius 3 is 2.21 bits per heavy atom. The van der Waals surface area contributed by atoms with Gasteiger partial charge in [0.25, 0.3) is 0 Å². The van der Waals surface area contributed by atoms with Crippen LogP contribution in [0.5, 0.6) is 0 Å². The molecule has 47 heavy (non-hydrogen) atoms. The van der Waals surface area contributed by atoms with Gasteiger partial charge in [0.05, 0.1) is 5.58 Å². The summed E-state index contributed by atoms with van der Waals surface area (Å²) in [5.41, 5.74) is 9.52. The minimum Gasteiger partial charge on any atom is -0.500 e. The summed E-state index contributed by atoms with van der Waals surface area (Å²) in [6, 6.07) is 43.5. The molecule has 0 saturated carbocycles. The van der Waals surface area contributed by atoms with E-state index < -0.39 is 0 Å². The quantitative estimate of drug-likeness (QED) is 0.167. The van der Waals surface area contributed by atoms with Crippen LogP contribution in [-0.2, 0) is 26.5 Å². The van der Waals surface area contributed by atoms with E-state index in [-0.39, 0.29) is 20.1 Å². The van der Waals surface area contributed by atoms with Gasteiger partial charge in [0.2, 0.25) is 0 Å². The van der Waals surface area contributed by atoms with Gasteiger partial charge in [-0.1, -0.05) is 86.3 Å². The minimum atomic E-state index is 0. The second kappa shape index (κ2) is 13.8. The Morgan fingerprint density at radius 1 is 0.638 bits per heavy atom. The summed E-state index contributed by atoms with van der Waals surface area (Å²) in [6.07, 6.45) is 8.39. The third-order valence-corrected chi connectivity index (χ3v) is 7.90. The number of hydrogen-bond acceptors (Lipinski definition) is 4. The first kappa shape index (κ1) is 32.0. The normalized spacial score (nSPS) is 11.2. The molecule has 0 fully saturated rings. The second-order valence-electron chi connectivity index (χ2n) is 12.6. The van der Waals surface area contributed by atoms with Crippen LogP contribution in [0.3, 0.4) is 0 Å². The van der Waals surface area contributed by atoms with Crippen molar-refractivity contribution < 1.29 is 24.5 Å². The molecule has 4 nitrogen and oxygen atoms in total. The minimum absolute atomic E-state index is 0. The van der Waals surface area contributed by atoms with Gasteiger partial charge in [0, 0.05) is 55.7 Å². The number of rotatable bonds is 4. The van der Waals surface area contributed by atoms with Crippen molar-refractivity contribution in [2.45, 2.75) is 27.2 Å². The van der Waals surface area contributed by atoms with Crippen molar-refractivity contribution >= 4 is 32.7 Å². The molecule has 4 aromatic heterocycles. The Labute approximate surface area is 288 Å². The molecule has 4 heterocycles. The van der Waals surface area contributed by atoms with E-state index in [1.807, 2.05) is 73.1 Å². The fourth-order valence-electron chi connectivity index (χ4n) is 5.80. The van der Waals surface area contributed by atoms with Crippen LogP contribution in [0.2, 0.25) is 0 Å². The van der Waals surface area contributed by atoms with Crippen molar-refractivity contribution in [3.05, 3.63) is 152 Å². The SMILES string of the molecule is CC(C)(C)Cc1ccc(-c2ccnc(-c3[c-]cccc3)c2)cc1.[Ir].[c-]1ccc2c(oc3c4cnccc4ccc23)c1-c1ccccn1. The van der Waals surface area contributed by atoms with Gasteiger partial charge >= 0.3 is 0 Å². The van der Waals surface area contributed by atoms with Crippen LogP contribution in [0, 0.1) is 17.5 Å². The molecule has 0 N–H and O–H groups in total. The molecule has 8 rings (SSSR count). The number of pyridine rings is 3. The third-order valence-electron chi connectivity index (χ3n) is 7.90. The van der Waals surface area contributed by atoms with Gasteiger partial charge in [-0.3, -0.25) is 4.98 Å². The van der Waals surface area contributed by atoms with Gasteiger partial charge < -0.3 is 14.4 Å². The van der Waals surface area contributed by atoms with Gasteiger partial charge in [-0.2, -0.15) is 0 Å². The fourth-order valence-corrected chi connectivity index (χ4v) is 5.80. The summed E-state index contributed by atoms with van der Waals surface area (Å²) >= 11 is 0. The number of fused-ring (bicyclic) bond motifs is 5. The maximum Gasteiger partial charge on any atom is 0.130 e. The van der Waals surface area contributed by atoms with Crippen molar-refractivity contribution in [3.63, 3.8) is 0 Å². The van der Waals surface area contributed by atoms with Crippen molar-refractivity contribution in [3.8, 4) is 33.6 Å². The number of nitrogens with zero attached hydrogens (tertiary/aromatic N) is 3. The molecule has 8 aromatic rings. The number of furan rings is 1. The van der Waals surface area contributed by atoms with Crippen LogP contribution < -0.4 is 0 Å². The van der Waals surface area contributed by atoms with Gasteiger partial charge in [-0.15, -0.1) is 54.1 Å². The molecule has 5 heteroatoms. The van der Waals surface area contributed by atoms with Crippen molar-refractivity contribution in [1.82, 2.24) is 15.0 Å². The third kappa shape index (κ3) is 7.07. The molecule has 4 aromatic carbocycles. The first-order valence-electron chi connectivity index (χ1n) is 15.5. The van der Waals surface area contributed by atoms with Crippen LogP contribution in [0.25, 0.3) is 66.4 Å². The number of benzene rings is 4. The molecule has 0 unspecified atom stereocenters. The van der Waals surface area contributed by atoms with E-state index in [0.717, 1.165) is 61.6 Å². The van der Waals surface area contributed by atoms with Gasteiger partial charge in [-0.25, -0.2) is 0 Å². The van der Waals surface area contributed by atoms with Crippen LogP contribution in [0.1, 0.15) is 26.3 Å². The standard InChI is InChI=1S/C22H22N.C20H11N2O.Ir/c1-22(2,3)16-17-9-11-18(12-10-17)20-13-14-23-21(15-20)19-7-5-4-6-8-19;1-2-10-22-18(6-1)16-5-3-4-14-15-8-7-13-9-11-21-12-17(13)20(15)23-19(14)16;/h4-7,9-15H,16H2,1-3H3;1-4,6-12H;/q2*-1;. The molecule has 0 saturated heterocycles. The zero-order valence-corrected chi connectivity index (χ0v) is 28.9. The molecule has 0 spiro atoms. The predicted molar refractivity (Wildman–Crippen MR) is 188 cm³/mol. The first-order valence-corrected chi connectivity index (χ1v) is 15.5. The van der Waals surface area contributed by atoms with E-state index in [1.54, 1.807) is 12.4 Å². The molecule has 0 amide bonds. The van der Waals surface area contributed by atoms with Crippen molar-refractivity contribution in [2.24, 2.45) is 5.41 Å². The zero-order chi connectivity index (χ0) is 31.5. The molecular weight excluding hydrogens is 755 g/mol. The predicted octanol–water partition coefficient (Wildman–Crippen LogP) is 10.8. The molecule has 0 bridgehead atoms. The number of aromatic nitrogens is 3. The van der Waals surface area contributed by atoms with Crippen molar-refractivity contribution in [1.29, 1.82) is 0 Å². The maximum atomic E-state index is 6.24. The summed E-state index contributed by atoms with van der Waals surface area (Å²) in [5, 5.41) is 4.31. The van der Waals surface area contributed by atoms with E-state index in [9.17, 15) is 0 Å². The summed E-state index contributed by atoms with van der Waals surface area (Å²) in [5.74, 6) is 0. The van der Waals surface area contributed by atoms with E-state index >= 15 is 0 Å². The van der Waals surface area contributed by atoms with Gasteiger partial charge in [0.1, 0.15) is 5.58 Å². The molecule has 0 atom stereocenters. The van der Waals surface area contributed by atoms with E-state index in [2.05, 4.69) is 96.4 Å². The Bertz CT molecular complexity index is 2260. The van der Waals surface area contributed by atoms with Gasteiger partial charge in [-0.05, 0) is 63.5 Å². The first-order chi connectivity index (χ1) is 22.4. The smallest absolute Gasteiger partial charge is 0.130 e. The van der Waals surface area contributed by atoms with E-state index in [4.69, 9.17) is 4.42 Å². The Kier molecular flexibility index (Phi) is 9.40. The largest absolute Gasteiger partial charge is 0.500 e. The molecule has 0 aliphatic heterocycles. The maximum absolute atomic E-state index is 6.24. The summed E-state index contributed by atoms with van der Waals surface area (Å²) in [4.78, 5) is 13.1. The topological polar surface area (TPSA) is 51.8 Å². The Morgan fingerprint density at radius 2 is 1.45 bits per heavy atom. The summed E-state index contributed by atoms with van der Waals surface area (Å²) < 4.78 is 6.24. The molecular formula is C42H33IrN3O-2. The van der Waals surface area contributed by atoms with Crippen LogP contribution in [-0.4, -0.2) is 15.0 Å². The number of hydrogen-bond donors (Lipinski definition) is 0. The molecule has 1 radical (unpaired) electrons. The zero-order valence-electron chi connectivity index (χ0n) is 26.5. The summed E-state index contributed by atoms with van der Waals surface area (Å²) in [6.45, 7) is 6.81. The summed E-state index contributed by atoms with van der Waals surface area (Å²) in [7, 11) is 0. The molecule has 0 aliphatic rings.